The average molecular weight is 451 g/mol. The fourth-order valence-corrected chi connectivity index (χ4v) is 3.27. The predicted octanol–water partition coefficient (Wildman–Crippen LogP) is 4.29. The second-order valence-corrected chi connectivity index (χ2v) is 7.35. The lowest BCUT2D eigenvalue weighted by Gasteiger charge is -2.05. The SMILES string of the molecule is CCOC(=O)/C=C/c1ccc(NC(=O)c2csc(NC(=O)NCc3ccccc3)n2)cc1. The molecule has 1 aromatic heterocycles. The molecular formula is C23H22N4O4S. The molecule has 0 radical (unpaired) electrons. The van der Waals surface area contributed by atoms with E-state index in [9.17, 15) is 14.4 Å². The Labute approximate surface area is 189 Å². The molecule has 3 amide bonds. The molecule has 3 rings (SSSR count). The molecule has 3 N–H and O–H groups in total. The van der Waals surface area contributed by atoms with Crippen LogP contribution < -0.4 is 16.0 Å². The van der Waals surface area contributed by atoms with Gasteiger partial charge in [0.15, 0.2) is 5.13 Å². The highest BCUT2D eigenvalue weighted by atomic mass is 32.1. The molecule has 0 bridgehead atoms. The van der Waals surface area contributed by atoms with Crippen LogP contribution in [0.1, 0.15) is 28.5 Å². The minimum Gasteiger partial charge on any atom is -0.463 e. The first-order valence-electron chi connectivity index (χ1n) is 9.84. The van der Waals surface area contributed by atoms with Crippen molar-refractivity contribution < 1.29 is 19.1 Å². The third-order valence-corrected chi connectivity index (χ3v) is 4.88. The molecule has 0 atom stereocenters. The van der Waals surface area contributed by atoms with E-state index >= 15 is 0 Å². The zero-order valence-electron chi connectivity index (χ0n) is 17.3. The van der Waals surface area contributed by atoms with Crippen LogP contribution >= 0.6 is 11.3 Å². The number of urea groups is 1. The fraction of sp³-hybridized carbons (Fsp3) is 0.130. The van der Waals surface area contributed by atoms with Crippen LogP contribution in [0.5, 0.6) is 0 Å². The predicted molar refractivity (Wildman–Crippen MR) is 124 cm³/mol. The van der Waals surface area contributed by atoms with Gasteiger partial charge in [-0.05, 0) is 36.3 Å². The summed E-state index contributed by atoms with van der Waals surface area (Å²) < 4.78 is 4.83. The van der Waals surface area contributed by atoms with Gasteiger partial charge >= 0.3 is 12.0 Å². The van der Waals surface area contributed by atoms with Crippen molar-refractivity contribution in [3.63, 3.8) is 0 Å². The largest absolute Gasteiger partial charge is 0.463 e. The molecule has 0 saturated heterocycles. The minimum absolute atomic E-state index is 0.194. The van der Waals surface area contributed by atoms with Crippen molar-refractivity contribution in [2.75, 3.05) is 17.2 Å². The Balaban J connectivity index is 1.49. The van der Waals surface area contributed by atoms with Crippen molar-refractivity contribution in [2.24, 2.45) is 0 Å². The minimum atomic E-state index is -0.411. The Morgan fingerprint density at radius 3 is 2.50 bits per heavy atom. The summed E-state index contributed by atoms with van der Waals surface area (Å²) in [5.41, 5.74) is 2.54. The smallest absolute Gasteiger partial charge is 0.330 e. The molecular weight excluding hydrogens is 428 g/mol. The summed E-state index contributed by atoms with van der Waals surface area (Å²) in [4.78, 5) is 40.0. The number of esters is 1. The van der Waals surface area contributed by atoms with Crippen LogP contribution in [-0.4, -0.2) is 29.5 Å². The molecule has 0 aliphatic rings. The van der Waals surface area contributed by atoms with E-state index in [2.05, 4.69) is 20.9 Å². The number of hydrogen-bond donors (Lipinski definition) is 3. The Bertz CT molecular complexity index is 1090. The van der Waals surface area contributed by atoms with Gasteiger partial charge in [0.2, 0.25) is 0 Å². The number of carbonyl (C=O) groups is 3. The lowest BCUT2D eigenvalue weighted by atomic mass is 10.2. The van der Waals surface area contributed by atoms with Gasteiger partial charge in [0.25, 0.3) is 5.91 Å². The van der Waals surface area contributed by atoms with Crippen molar-refractivity contribution >= 4 is 46.1 Å². The van der Waals surface area contributed by atoms with Crippen LogP contribution in [0.3, 0.4) is 0 Å². The van der Waals surface area contributed by atoms with Gasteiger partial charge in [-0.1, -0.05) is 42.5 Å². The van der Waals surface area contributed by atoms with E-state index in [1.54, 1.807) is 42.6 Å². The number of nitrogens with zero attached hydrogens (tertiary/aromatic N) is 1. The summed E-state index contributed by atoms with van der Waals surface area (Å²) in [5.74, 6) is -0.805. The van der Waals surface area contributed by atoms with E-state index in [0.29, 0.717) is 24.0 Å². The number of hydrogen-bond acceptors (Lipinski definition) is 6. The molecule has 2 aromatic carbocycles. The molecule has 0 aliphatic heterocycles. The highest BCUT2D eigenvalue weighted by molar-refractivity contribution is 7.14. The number of aromatic nitrogens is 1. The van der Waals surface area contributed by atoms with Crippen LogP contribution in [-0.2, 0) is 16.1 Å². The number of ether oxygens (including phenoxy) is 1. The zero-order valence-corrected chi connectivity index (χ0v) is 18.1. The summed E-state index contributed by atoms with van der Waals surface area (Å²) in [7, 11) is 0. The number of rotatable bonds is 8. The summed E-state index contributed by atoms with van der Waals surface area (Å²) in [6.45, 7) is 2.45. The quantitative estimate of drug-likeness (QED) is 0.350. The molecule has 164 valence electrons. The first kappa shape index (κ1) is 22.7. The van der Waals surface area contributed by atoms with E-state index in [-0.39, 0.29) is 5.69 Å². The van der Waals surface area contributed by atoms with Gasteiger partial charge in [0, 0.05) is 23.7 Å². The highest BCUT2D eigenvalue weighted by Gasteiger charge is 2.12. The van der Waals surface area contributed by atoms with Gasteiger partial charge < -0.3 is 15.4 Å². The molecule has 1 heterocycles. The van der Waals surface area contributed by atoms with E-state index in [0.717, 1.165) is 22.5 Å². The van der Waals surface area contributed by atoms with Gasteiger partial charge in [-0.15, -0.1) is 11.3 Å². The molecule has 9 heteroatoms. The lowest BCUT2D eigenvalue weighted by molar-refractivity contribution is -0.137. The second-order valence-electron chi connectivity index (χ2n) is 6.49. The first-order valence-corrected chi connectivity index (χ1v) is 10.7. The Hall–Kier alpha value is -3.98. The van der Waals surface area contributed by atoms with Crippen LogP contribution in [0, 0.1) is 0 Å². The van der Waals surface area contributed by atoms with Gasteiger partial charge in [-0.25, -0.2) is 14.6 Å². The molecule has 0 fully saturated rings. The molecule has 32 heavy (non-hydrogen) atoms. The Kier molecular flexibility index (Phi) is 8.10. The molecule has 3 aromatic rings. The van der Waals surface area contributed by atoms with Crippen molar-refractivity contribution in [3.8, 4) is 0 Å². The van der Waals surface area contributed by atoms with Crippen LogP contribution in [0.2, 0.25) is 0 Å². The van der Waals surface area contributed by atoms with Gasteiger partial charge in [-0.3, -0.25) is 10.1 Å². The van der Waals surface area contributed by atoms with Crippen molar-refractivity contribution in [1.29, 1.82) is 0 Å². The van der Waals surface area contributed by atoms with Crippen LogP contribution in [0.25, 0.3) is 6.08 Å². The Morgan fingerprint density at radius 1 is 1.03 bits per heavy atom. The second kappa shape index (κ2) is 11.4. The van der Waals surface area contributed by atoms with Gasteiger partial charge in [0.05, 0.1) is 6.61 Å². The summed E-state index contributed by atoms with van der Waals surface area (Å²) >= 11 is 1.16. The average Bonchev–Trinajstić information content (AvgIpc) is 3.27. The lowest BCUT2D eigenvalue weighted by Crippen LogP contribution is -2.28. The number of thiazole rings is 1. The fourth-order valence-electron chi connectivity index (χ4n) is 2.58. The normalized spacial score (nSPS) is 10.5. The van der Waals surface area contributed by atoms with Crippen LogP contribution in [0.4, 0.5) is 15.6 Å². The number of benzene rings is 2. The summed E-state index contributed by atoms with van der Waals surface area (Å²) in [5, 5.41) is 9.99. The summed E-state index contributed by atoms with van der Waals surface area (Å²) in [6.07, 6.45) is 2.97. The zero-order chi connectivity index (χ0) is 22.8. The van der Waals surface area contributed by atoms with Gasteiger partial charge in [0.1, 0.15) is 5.69 Å². The van der Waals surface area contributed by atoms with Gasteiger partial charge in [-0.2, -0.15) is 0 Å². The van der Waals surface area contributed by atoms with E-state index < -0.39 is 17.9 Å². The van der Waals surface area contributed by atoms with E-state index in [1.807, 2.05) is 30.3 Å². The molecule has 0 saturated carbocycles. The third kappa shape index (κ3) is 7.06. The van der Waals surface area contributed by atoms with E-state index in [4.69, 9.17) is 4.74 Å². The molecule has 0 spiro atoms. The Morgan fingerprint density at radius 2 is 1.78 bits per heavy atom. The number of carbonyl (C=O) groups excluding carboxylic acids is 3. The number of amides is 3. The number of anilines is 2. The van der Waals surface area contributed by atoms with Crippen molar-refractivity contribution in [1.82, 2.24) is 10.3 Å². The van der Waals surface area contributed by atoms with Crippen molar-refractivity contribution in [2.45, 2.75) is 13.5 Å². The highest BCUT2D eigenvalue weighted by Crippen LogP contribution is 2.17. The maximum absolute atomic E-state index is 12.4. The van der Waals surface area contributed by atoms with E-state index in [1.165, 1.54) is 6.08 Å². The first-order chi connectivity index (χ1) is 15.5. The topological polar surface area (TPSA) is 109 Å². The maximum atomic E-state index is 12.4. The molecule has 0 aliphatic carbocycles. The molecule has 8 nitrogen and oxygen atoms in total. The summed E-state index contributed by atoms with van der Waals surface area (Å²) in [6, 6.07) is 16.1. The number of nitrogens with one attached hydrogen (secondary N) is 3. The maximum Gasteiger partial charge on any atom is 0.330 e. The third-order valence-electron chi connectivity index (χ3n) is 4.12. The van der Waals surface area contributed by atoms with Crippen molar-refractivity contribution in [3.05, 3.63) is 82.9 Å². The standard InChI is InChI=1S/C23H22N4O4S/c1-2-31-20(28)13-10-16-8-11-18(12-9-16)25-21(29)19-15-32-23(26-19)27-22(30)24-14-17-6-4-3-5-7-17/h3-13,15H,2,14H2,1H3,(H,25,29)(H2,24,26,27,30)/b13-10+. The van der Waals surface area contributed by atoms with Crippen LogP contribution in [0.15, 0.2) is 66.1 Å². The molecule has 0 unspecified atom stereocenters. The monoisotopic (exact) mass is 450 g/mol.